The number of aryl methyl sites for hydroxylation is 1. The van der Waals surface area contributed by atoms with E-state index in [-0.39, 0.29) is 12.0 Å². The number of imidazole rings is 1. The SMILES string of the molecule is [2H]C([2H])(C(=O)Cc1cc2cc(-c3cncn3C)ccc2nn1)c1ccc(F)cc1. The topological polar surface area (TPSA) is 60.7 Å². The number of ketones is 1. The van der Waals surface area contributed by atoms with E-state index in [0.29, 0.717) is 11.2 Å². The number of halogens is 1. The van der Waals surface area contributed by atoms with Gasteiger partial charge in [-0.3, -0.25) is 4.79 Å². The van der Waals surface area contributed by atoms with Crippen LogP contribution in [0.15, 0.2) is 61.1 Å². The van der Waals surface area contributed by atoms with E-state index in [9.17, 15) is 9.18 Å². The van der Waals surface area contributed by atoms with E-state index >= 15 is 0 Å². The maximum absolute atomic E-state index is 13.1. The van der Waals surface area contributed by atoms with Crippen LogP contribution in [0.3, 0.4) is 0 Å². The molecule has 0 aliphatic carbocycles. The molecule has 2 heterocycles. The van der Waals surface area contributed by atoms with E-state index in [0.717, 1.165) is 28.8 Å². The first-order valence-corrected chi connectivity index (χ1v) is 8.37. The third-order valence-corrected chi connectivity index (χ3v) is 4.22. The molecule has 4 rings (SSSR count). The van der Waals surface area contributed by atoms with E-state index in [1.807, 2.05) is 29.8 Å². The molecule has 0 fully saturated rings. The van der Waals surface area contributed by atoms with Crippen molar-refractivity contribution in [2.75, 3.05) is 0 Å². The minimum Gasteiger partial charge on any atom is -0.334 e. The van der Waals surface area contributed by atoms with Gasteiger partial charge in [0.15, 0.2) is 0 Å². The number of nitrogens with zero attached hydrogens (tertiary/aromatic N) is 4. The molecular weight excluding hydrogens is 343 g/mol. The molecule has 0 spiro atoms. The molecular formula is C21H17FN4O. The molecule has 27 heavy (non-hydrogen) atoms. The van der Waals surface area contributed by atoms with Gasteiger partial charge in [0.1, 0.15) is 11.6 Å². The Labute approximate surface area is 158 Å². The second-order valence-electron chi connectivity index (χ2n) is 6.23. The van der Waals surface area contributed by atoms with Crippen LogP contribution in [-0.4, -0.2) is 25.5 Å². The van der Waals surface area contributed by atoms with E-state index in [2.05, 4.69) is 15.2 Å². The number of rotatable bonds is 5. The van der Waals surface area contributed by atoms with Gasteiger partial charge in [0, 0.05) is 27.1 Å². The van der Waals surface area contributed by atoms with Gasteiger partial charge in [-0.15, -0.1) is 0 Å². The molecule has 0 saturated heterocycles. The Morgan fingerprint density at radius 3 is 2.70 bits per heavy atom. The van der Waals surface area contributed by atoms with E-state index in [4.69, 9.17) is 2.74 Å². The van der Waals surface area contributed by atoms with Crippen molar-refractivity contribution >= 4 is 16.7 Å². The molecule has 0 aliphatic rings. The first kappa shape index (κ1) is 14.7. The van der Waals surface area contributed by atoms with Gasteiger partial charge in [-0.25, -0.2) is 9.37 Å². The molecule has 134 valence electrons. The molecule has 0 amide bonds. The van der Waals surface area contributed by atoms with Gasteiger partial charge in [-0.1, -0.05) is 18.2 Å². The van der Waals surface area contributed by atoms with Crippen molar-refractivity contribution < 1.29 is 11.9 Å². The fourth-order valence-corrected chi connectivity index (χ4v) is 2.87. The third-order valence-electron chi connectivity index (χ3n) is 4.22. The highest BCUT2D eigenvalue weighted by molar-refractivity contribution is 5.86. The zero-order valence-electron chi connectivity index (χ0n) is 16.6. The molecule has 0 N–H and O–H groups in total. The smallest absolute Gasteiger partial charge is 0.143 e. The number of hydrogen-bond acceptors (Lipinski definition) is 4. The van der Waals surface area contributed by atoms with Crippen molar-refractivity contribution in [3.8, 4) is 11.3 Å². The summed E-state index contributed by atoms with van der Waals surface area (Å²) in [5.41, 5.74) is 3.04. The fourth-order valence-electron chi connectivity index (χ4n) is 2.87. The summed E-state index contributed by atoms with van der Waals surface area (Å²) in [5, 5.41) is 9.01. The van der Waals surface area contributed by atoms with Crippen molar-refractivity contribution in [2.45, 2.75) is 12.8 Å². The van der Waals surface area contributed by atoms with Crippen molar-refractivity contribution in [1.82, 2.24) is 19.7 Å². The summed E-state index contributed by atoms with van der Waals surface area (Å²) in [6, 6.07) is 12.3. The van der Waals surface area contributed by atoms with E-state index in [1.165, 1.54) is 12.1 Å². The second-order valence-corrected chi connectivity index (χ2v) is 6.23. The predicted octanol–water partition coefficient (Wildman–Crippen LogP) is 3.52. The van der Waals surface area contributed by atoms with Crippen LogP contribution >= 0.6 is 0 Å². The lowest BCUT2D eigenvalue weighted by Gasteiger charge is -2.06. The van der Waals surface area contributed by atoms with Crippen LogP contribution < -0.4 is 0 Å². The number of aromatic nitrogens is 4. The van der Waals surface area contributed by atoms with Crippen molar-refractivity contribution in [2.24, 2.45) is 7.05 Å². The number of hydrogen-bond donors (Lipinski definition) is 0. The molecule has 2 aromatic carbocycles. The Bertz CT molecular complexity index is 1210. The molecule has 0 aliphatic heterocycles. The Morgan fingerprint density at radius 2 is 1.96 bits per heavy atom. The fraction of sp³-hybridized carbons (Fsp3) is 0.143. The summed E-state index contributed by atoms with van der Waals surface area (Å²) in [7, 11) is 1.90. The molecule has 0 radical (unpaired) electrons. The first-order chi connectivity index (χ1) is 13.8. The normalized spacial score (nSPS) is 12.7. The maximum Gasteiger partial charge on any atom is 0.143 e. The number of carbonyl (C=O) groups excluding carboxylic acids is 1. The molecule has 6 heteroatoms. The summed E-state index contributed by atoms with van der Waals surface area (Å²) in [6.07, 6.45) is 1.01. The summed E-state index contributed by atoms with van der Waals surface area (Å²) in [6.45, 7) is 0. The number of benzene rings is 2. The lowest BCUT2D eigenvalue weighted by atomic mass is 10.0. The lowest BCUT2D eigenvalue weighted by molar-refractivity contribution is -0.117. The molecule has 0 atom stereocenters. The second kappa shape index (κ2) is 7.07. The van der Waals surface area contributed by atoms with Gasteiger partial charge in [0.05, 0.1) is 35.8 Å². The average molecular weight is 362 g/mol. The van der Waals surface area contributed by atoms with Crippen molar-refractivity contribution in [3.05, 3.63) is 78.1 Å². The number of Topliss-reactive ketones (excluding diaryl/α,β-unsaturated/α-hetero) is 1. The molecule has 0 unspecified atom stereocenters. The summed E-state index contributed by atoms with van der Waals surface area (Å²) in [4.78, 5) is 16.7. The Hall–Kier alpha value is -3.41. The largest absolute Gasteiger partial charge is 0.334 e. The Kier molecular flexibility index (Phi) is 3.86. The minimum atomic E-state index is -2.25. The molecule has 5 nitrogen and oxygen atoms in total. The predicted molar refractivity (Wildman–Crippen MR) is 101 cm³/mol. The summed E-state index contributed by atoms with van der Waals surface area (Å²) >= 11 is 0. The maximum atomic E-state index is 13.1. The number of fused-ring (bicyclic) bond motifs is 1. The first-order valence-electron chi connectivity index (χ1n) is 9.37. The van der Waals surface area contributed by atoms with E-state index in [1.54, 1.807) is 18.6 Å². The highest BCUT2D eigenvalue weighted by Gasteiger charge is 2.10. The van der Waals surface area contributed by atoms with Gasteiger partial charge < -0.3 is 4.57 Å². The van der Waals surface area contributed by atoms with Crippen LogP contribution in [0.5, 0.6) is 0 Å². The van der Waals surface area contributed by atoms with Crippen LogP contribution in [0.25, 0.3) is 22.2 Å². The van der Waals surface area contributed by atoms with E-state index < -0.39 is 18.0 Å². The molecule has 0 saturated carbocycles. The van der Waals surface area contributed by atoms with Crippen LogP contribution in [0.2, 0.25) is 0 Å². The Balaban J connectivity index is 1.63. The minimum absolute atomic E-state index is 0.108. The zero-order chi connectivity index (χ0) is 20.6. The molecule has 2 aromatic heterocycles. The van der Waals surface area contributed by atoms with Crippen LogP contribution in [-0.2, 0) is 24.6 Å². The zero-order valence-corrected chi connectivity index (χ0v) is 14.6. The van der Waals surface area contributed by atoms with Crippen molar-refractivity contribution in [1.29, 1.82) is 0 Å². The van der Waals surface area contributed by atoms with Gasteiger partial charge in [-0.05, 0) is 35.9 Å². The van der Waals surface area contributed by atoms with Crippen LogP contribution in [0, 0.1) is 5.82 Å². The Morgan fingerprint density at radius 1 is 1.15 bits per heavy atom. The quantitative estimate of drug-likeness (QED) is 0.545. The third kappa shape index (κ3) is 3.74. The summed E-state index contributed by atoms with van der Waals surface area (Å²) in [5.74, 6) is -1.15. The molecule has 0 bridgehead atoms. The van der Waals surface area contributed by atoms with Crippen molar-refractivity contribution in [3.63, 3.8) is 0 Å². The standard InChI is InChI=1S/C21H17FN4O/c1-26-13-23-12-21(26)15-4-7-20-16(9-15)10-18(24-25-20)11-19(27)8-14-2-5-17(22)6-3-14/h2-7,9-10,12-13H,8,11H2,1H3/i8D2. The molecule has 4 aromatic rings. The van der Waals surface area contributed by atoms with Gasteiger partial charge in [0.2, 0.25) is 0 Å². The highest BCUT2D eigenvalue weighted by atomic mass is 19.1. The lowest BCUT2D eigenvalue weighted by Crippen LogP contribution is -2.08. The number of carbonyl (C=O) groups is 1. The van der Waals surface area contributed by atoms with Gasteiger partial charge in [0.25, 0.3) is 0 Å². The van der Waals surface area contributed by atoms with Crippen LogP contribution in [0.4, 0.5) is 4.39 Å². The monoisotopic (exact) mass is 362 g/mol. The summed E-state index contributed by atoms with van der Waals surface area (Å²) < 4.78 is 31.3. The van der Waals surface area contributed by atoms with Crippen LogP contribution in [0.1, 0.15) is 14.0 Å². The van der Waals surface area contributed by atoms with Gasteiger partial charge >= 0.3 is 0 Å². The highest BCUT2D eigenvalue weighted by Crippen LogP contribution is 2.23. The van der Waals surface area contributed by atoms with Gasteiger partial charge in [-0.2, -0.15) is 10.2 Å². The average Bonchev–Trinajstić information content (AvgIpc) is 3.13.